The first-order chi connectivity index (χ1) is 8.06. The lowest BCUT2D eigenvalue weighted by Crippen LogP contribution is -2.24. The molecule has 1 aromatic carbocycles. The lowest BCUT2D eigenvalue weighted by Gasteiger charge is -2.06. The van der Waals surface area contributed by atoms with Crippen LogP contribution in [0.25, 0.3) is 0 Å². The molecule has 0 atom stereocenters. The molecule has 6 heteroatoms. The number of unbranched alkanes of at least 4 members (excludes halogenated alkanes) is 2. The van der Waals surface area contributed by atoms with Gasteiger partial charge in [0.1, 0.15) is 0 Å². The van der Waals surface area contributed by atoms with Crippen molar-refractivity contribution in [1.82, 2.24) is 4.72 Å². The van der Waals surface area contributed by atoms with Gasteiger partial charge in [0.15, 0.2) is 0 Å². The Balaban J connectivity index is 2.48. The molecule has 1 aromatic rings. The van der Waals surface area contributed by atoms with Crippen molar-refractivity contribution in [3.05, 3.63) is 29.3 Å². The summed E-state index contributed by atoms with van der Waals surface area (Å²) >= 11 is 5.70. The van der Waals surface area contributed by atoms with Crippen LogP contribution in [0.1, 0.15) is 19.3 Å². The van der Waals surface area contributed by atoms with Gasteiger partial charge in [-0.2, -0.15) is 0 Å². The van der Waals surface area contributed by atoms with Crippen LogP contribution in [-0.2, 0) is 10.0 Å². The van der Waals surface area contributed by atoms with Gasteiger partial charge in [0.25, 0.3) is 0 Å². The van der Waals surface area contributed by atoms with Gasteiger partial charge in [-0.25, -0.2) is 13.1 Å². The molecular formula is C11H17ClN2O2S. The average molecular weight is 277 g/mol. The van der Waals surface area contributed by atoms with E-state index in [1.165, 1.54) is 12.1 Å². The Labute approximate surface area is 107 Å². The van der Waals surface area contributed by atoms with Gasteiger partial charge in [0, 0.05) is 11.6 Å². The predicted molar refractivity (Wildman–Crippen MR) is 69.5 cm³/mol. The van der Waals surface area contributed by atoms with E-state index in [1.807, 2.05) is 0 Å². The van der Waals surface area contributed by atoms with E-state index in [2.05, 4.69) is 4.72 Å². The lowest BCUT2D eigenvalue weighted by molar-refractivity contribution is 0.575. The minimum absolute atomic E-state index is 0.237. The molecule has 0 aliphatic rings. The number of hydrogen-bond donors (Lipinski definition) is 2. The lowest BCUT2D eigenvalue weighted by atomic mass is 10.2. The zero-order chi connectivity index (χ0) is 12.7. The fraction of sp³-hybridized carbons (Fsp3) is 0.455. The van der Waals surface area contributed by atoms with Crippen molar-refractivity contribution < 1.29 is 8.42 Å². The Morgan fingerprint density at radius 2 is 1.76 bits per heavy atom. The van der Waals surface area contributed by atoms with Gasteiger partial charge < -0.3 is 5.73 Å². The minimum atomic E-state index is -3.40. The van der Waals surface area contributed by atoms with Gasteiger partial charge in [-0.05, 0) is 43.7 Å². The molecule has 0 fully saturated rings. The number of benzene rings is 1. The van der Waals surface area contributed by atoms with Crippen LogP contribution in [0.15, 0.2) is 29.2 Å². The fourth-order valence-electron chi connectivity index (χ4n) is 1.35. The fourth-order valence-corrected chi connectivity index (χ4v) is 2.55. The Bertz CT molecular complexity index is 431. The summed E-state index contributed by atoms with van der Waals surface area (Å²) in [6.07, 6.45) is 2.65. The molecule has 0 unspecified atom stereocenters. The van der Waals surface area contributed by atoms with Crippen LogP contribution < -0.4 is 10.5 Å². The Kier molecular flexibility index (Phi) is 5.91. The summed E-state index contributed by atoms with van der Waals surface area (Å²) < 4.78 is 26.1. The Morgan fingerprint density at radius 3 is 2.35 bits per heavy atom. The molecular weight excluding hydrogens is 260 g/mol. The van der Waals surface area contributed by atoms with Crippen molar-refractivity contribution >= 4 is 21.6 Å². The summed E-state index contributed by atoms with van der Waals surface area (Å²) in [6.45, 7) is 1.08. The summed E-state index contributed by atoms with van der Waals surface area (Å²) in [4.78, 5) is 0.237. The molecule has 0 saturated heterocycles. The molecule has 1 rings (SSSR count). The molecule has 0 saturated carbocycles. The van der Waals surface area contributed by atoms with Gasteiger partial charge in [-0.3, -0.25) is 0 Å². The van der Waals surface area contributed by atoms with Crippen molar-refractivity contribution in [1.29, 1.82) is 0 Å². The van der Waals surface area contributed by atoms with E-state index in [0.29, 0.717) is 18.1 Å². The van der Waals surface area contributed by atoms with Crippen molar-refractivity contribution in [2.75, 3.05) is 13.1 Å². The number of rotatable bonds is 7. The standard InChI is InChI=1S/C11H17ClN2O2S/c12-10-4-6-11(7-5-10)17(15,16)14-9-3-1-2-8-13/h4-7,14H,1-3,8-9,13H2. The number of nitrogens with one attached hydrogen (secondary N) is 1. The molecule has 0 aromatic heterocycles. The zero-order valence-electron chi connectivity index (χ0n) is 9.52. The first kappa shape index (κ1) is 14.4. The van der Waals surface area contributed by atoms with E-state index >= 15 is 0 Å². The molecule has 0 spiro atoms. The zero-order valence-corrected chi connectivity index (χ0v) is 11.1. The molecule has 17 heavy (non-hydrogen) atoms. The second-order valence-electron chi connectivity index (χ2n) is 3.70. The van der Waals surface area contributed by atoms with Crippen LogP contribution in [0.3, 0.4) is 0 Å². The van der Waals surface area contributed by atoms with E-state index in [-0.39, 0.29) is 4.90 Å². The molecule has 0 aliphatic carbocycles. The summed E-state index contributed by atoms with van der Waals surface area (Å²) in [5.41, 5.74) is 5.35. The topological polar surface area (TPSA) is 72.2 Å². The van der Waals surface area contributed by atoms with E-state index in [1.54, 1.807) is 12.1 Å². The molecule has 96 valence electrons. The van der Waals surface area contributed by atoms with Crippen molar-refractivity contribution in [2.45, 2.75) is 24.2 Å². The molecule has 0 amide bonds. The second kappa shape index (κ2) is 6.96. The SMILES string of the molecule is NCCCCCNS(=O)(=O)c1ccc(Cl)cc1. The highest BCUT2D eigenvalue weighted by atomic mass is 35.5. The predicted octanol–water partition coefficient (Wildman–Crippen LogP) is 1.75. The first-order valence-corrected chi connectivity index (χ1v) is 7.37. The third-order valence-corrected chi connectivity index (χ3v) is 4.03. The monoisotopic (exact) mass is 276 g/mol. The number of sulfonamides is 1. The highest BCUT2D eigenvalue weighted by Crippen LogP contribution is 2.13. The second-order valence-corrected chi connectivity index (χ2v) is 5.90. The maximum absolute atomic E-state index is 11.8. The third kappa shape index (κ3) is 5.04. The number of halogens is 1. The van der Waals surface area contributed by atoms with Gasteiger partial charge >= 0.3 is 0 Å². The normalized spacial score (nSPS) is 11.6. The summed E-state index contributed by atoms with van der Waals surface area (Å²) in [6, 6.07) is 6.10. The molecule has 0 aliphatic heterocycles. The summed E-state index contributed by atoms with van der Waals surface area (Å²) in [5, 5.41) is 0.520. The van der Waals surface area contributed by atoms with Crippen LogP contribution in [0.2, 0.25) is 5.02 Å². The average Bonchev–Trinajstić information content (AvgIpc) is 2.29. The quantitative estimate of drug-likeness (QED) is 0.745. The highest BCUT2D eigenvalue weighted by molar-refractivity contribution is 7.89. The number of nitrogens with two attached hydrogens (primary N) is 1. The van der Waals surface area contributed by atoms with Gasteiger partial charge in [0.2, 0.25) is 10.0 Å². The molecule has 0 radical (unpaired) electrons. The van der Waals surface area contributed by atoms with E-state index < -0.39 is 10.0 Å². The third-order valence-electron chi connectivity index (χ3n) is 2.30. The van der Waals surface area contributed by atoms with E-state index in [0.717, 1.165) is 19.3 Å². The van der Waals surface area contributed by atoms with Crippen LogP contribution in [0.5, 0.6) is 0 Å². The molecule has 0 bridgehead atoms. The van der Waals surface area contributed by atoms with Crippen molar-refractivity contribution in [2.24, 2.45) is 5.73 Å². The Hall–Kier alpha value is -0.620. The van der Waals surface area contributed by atoms with Crippen LogP contribution in [0, 0.1) is 0 Å². The van der Waals surface area contributed by atoms with Crippen molar-refractivity contribution in [3.63, 3.8) is 0 Å². The molecule has 0 heterocycles. The van der Waals surface area contributed by atoms with Crippen LogP contribution in [-0.4, -0.2) is 21.5 Å². The largest absolute Gasteiger partial charge is 0.330 e. The van der Waals surface area contributed by atoms with Crippen molar-refractivity contribution in [3.8, 4) is 0 Å². The maximum Gasteiger partial charge on any atom is 0.240 e. The maximum atomic E-state index is 11.8. The molecule has 3 N–H and O–H groups in total. The highest BCUT2D eigenvalue weighted by Gasteiger charge is 2.12. The Morgan fingerprint density at radius 1 is 1.12 bits per heavy atom. The van der Waals surface area contributed by atoms with Gasteiger partial charge in [0.05, 0.1) is 4.90 Å². The minimum Gasteiger partial charge on any atom is -0.330 e. The first-order valence-electron chi connectivity index (χ1n) is 5.51. The van der Waals surface area contributed by atoms with Gasteiger partial charge in [-0.1, -0.05) is 18.0 Å². The smallest absolute Gasteiger partial charge is 0.240 e. The van der Waals surface area contributed by atoms with Gasteiger partial charge in [-0.15, -0.1) is 0 Å². The van der Waals surface area contributed by atoms with Crippen LogP contribution >= 0.6 is 11.6 Å². The summed E-state index contributed by atoms with van der Waals surface area (Å²) in [5.74, 6) is 0. The summed E-state index contributed by atoms with van der Waals surface area (Å²) in [7, 11) is -3.40. The van der Waals surface area contributed by atoms with E-state index in [4.69, 9.17) is 17.3 Å². The molecule has 4 nitrogen and oxygen atoms in total. The van der Waals surface area contributed by atoms with Crippen LogP contribution in [0.4, 0.5) is 0 Å². The number of hydrogen-bond acceptors (Lipinski definition) is 3. The van der Waals surface area contributed by atoms with E-state index in [9.17, 15) is 8.42 Å².